The van der Waals surface area contributed by atoms with Crippen LogP contribution in [-0.4, -0.2) is 27.3 Å². The first-order chi connectivity index (χ1) is 10.5. The van der Waals surface area contributed by atoms with E-state index in [-0.39, 0.29) is 12.5 Å². The minimum absolute atomic E-state index is 0.102. The highest BCUT2D eigenvalue weighted by atomic mass is 16.4. The van der Waals surface area contributed by atoms with Gasteiger partial charge >= 0.3 is 0 Å². The van der Waals surface area contributed by atoms with Crippen LogP contribution in [0.15, 0.2) is 29.0 Å². The van der Waals surface area contributed by atoms with E-state index in [1.54, 1.807) is 18.3 Å². The molecular weight excluding hydrogens is 282 g/mol. The molecule has 0 aliphatic heterocycles. The molecule has 0 fully saturated rings. The lowest BCUT2D eigenvalue weighted by molar-refractivity contribution is 0.0900. The van der Waals surface area contributed by atoms with Crippen LogP contribution in [-0.2, 0) is 13.0 Å². The number of hydrogen-bond acceptors (Lipinski definition) is 4. The summed E-state index contributed by atoms with van der Waals surface area (Å²) in [6, 6.07) is 3.38. The van der Waals surface area contributed by atoms with Crippen molar-refractivity contribution < 1.29 is 14.3 Å². The van der Waals surface area contributed by atoms with Crippen LogP contribution >= 0.6 is 0 Å². The molecule has 1 atom stereocenters. The Hall–Kier alpha value is -2.08. The van der Waals surface area contributed by atoms with Crippen molar-refractivity contribution in [2.75, 3.05) is 6.54 Å². The van der Waals surface area contributed by atoms with Crippen LogP contribution in [0.3, 0.4) is 0 Å². The molecule has 0 saturated carbocycles. The van der Waals surface area contributed by atoms with Crippen molar-refractivity contribution in [3.63, 3.8) is 0 Å². The molecule has 0 radical (unpaired) electrons. The molecule has 1 unspecified atom stereocenters. The Bertz CT molecular complexity index is 602. The molecule has 2 N–H and O–H groups in total. The van der Waals surface area contributed by atoms with Crippen molar-refractivity contribution in [1.29, 1.82) is 0 Å². The minimum atomic E-state index is -0.852. The lowest BCUT2D eigenvalue weighted by Gasteiger charge is -2.11. The number of carbonyl (C=O) groups is 1. The number of nitrogens with zero attached hydrogens (tertiary/aromatic N) is 2. The zero-order valence-electron chi connectivity index (χ0n) is 13.2. The van der Waals surface area contributed by atoms with E-state index < -0.39 is 6.10 Å². The Labute approximate surface area is 130 Å². The third-order valence-corrected chi connectivity index (χ3v) is 3.39. The van der Waals surface area contributed by atoms with Gasteiger partial charge in [0.25, 0.3) is 5.91 Å². The molecule has 6 heteroatoms. The van der Waals surface area contributed by atoms with Gasteiger partial charge in [0.1, 0.15) is 11.9 Å². The Kier molecular flexibility index (Phi) is 5.38. The first-order valence-electron chi connectivity index (χ1n) is 7.57. The highest BCUT2D eigenvalue weighted by molar-refractivity contribution is 5.95. The fourth-order valence-electron chi connectivity index (χ4n) is 2.34. The smallest absolute Gasteiger partial charge is 0.254 e. The van der Waals surface area contributed by atoms with Gasteiger partial charge in [-0.1, -0.05) is 20.8 Å². The number of aliphatic hydroxyl groups is 1. The van der Waals surface area contributed by atoms with Gasteiger partial charge in [-0.3, -0.25) is 9.48 Å². The molecule has 0 bridgehead atoms. The van der Waals surface area contributed by atoms with E-state index >= 15 is 0 Å². The number of amides is 1. The molecular formula is C16H23N3O3. The second-order valence-electron chi connectivity index (χ2n) is 5.68. The summed E-state index contributed by atoms with van der Waals surface area (Å²) in [6.45, 7) is 7.11. The molecule has 2 heterocycles. The van der Waals surface area contributed by atoms with Gasteiger partial charge in [0.15, 0.2) is 0 Å². The highest BCUT2D eigenvalue weighted by Crippen LogP contribution is 2.14. The summed E-state index contributed by atoms with van der Waals surface area (Å²) in [7, 11) is 0. The summed E-state index contributed by atoms with van der Waals surface area (Å²) in [5, 5.41) is 17.0. The summed E-state index contributed by atoms with van der Waals surface area (Å²) < 4.78 is 6.99. The Balaban J connectivity index is 2.02. The molecule has 2 aromatic heterocycles. The summed E-state index contributed by atoms with van der Waals surface area (Å²) in [4.78, 5) is 12.3. The molecule has 0 aliphatic rings. The maximum atomic E-state index is 12.3. The van der Waals surface area contributed by atoms with Crippen LogP contribution in [0.1, 0.15) is 48.7 Å². The van der Waals surface area contributed by atoms with Crippen LogP contribution in [0.5, 0.6) is 0 Å². The molecule has 0 saturated heterocycles. The van der Waals surface area contributed by atoms with Gasteiger partial charge in [-0.25, -0.2) is 0 Å². The van der Waals surface area contributed by atoms with Crippen LogP contribution in [0, 0.1) is 5.92 Å². The molecule has 2 aromatic rings. The first-order valence-corrected chi connectivity index (χ1v) is 7.57. The number of aromatic nitrogens is 2. The molecule has 22 heavy (non-hydrogen) atoms. The number of rotatable bonds is 7. The standard InChI is InChI=1S/C16H23N3O3/c1-4-13-12(8-18-19(13)10-11(2)3)16(21)17-9-14(20)15-6-5-7-22-15/h5-8,11,14,20H,4,9-10H2,1-3H3,(H,17,21). The average molecular weight is 305 g/mol. The Morgan fingerprint density at radius 3 is 2.86 bits per heavy atom. The number of hydrogen-bond donors (Lipinski definition) is 2. The van der Waals surface area contributed by atoms with Crippen LogP contribution in [0.4, 0.5) is 0 Å². The quantitative estimate of drug-likeness (QED) is 0.821. The fraction of sp³-hybridized carbons (Fsp3) is 0.500. The predicted octanol–water partition coefficient (Wildman–Crippen LogP) is 2.16. The second-order valence-corrected chi connectivity index (χ2v) is 5.68. The summed E-state index contributed by atoms with van der Waals surface area (Å²) in [5.74, 6) is 0.672. The van der Waals surface area contributed by atoms with Crippen molar-refractivity contribution in [2.45, 2.75) is 39.8 Å². The predicted molar refractivity (Wildman–Crippen MR) is 82.4 cm³/mol. The van der Waals surface area contributed by atoms with Gasteiger partial charge in [0, 0.05) is 6.54 Å². The van der Waals surface area contributed by atoms with Crippen molar-refractivity contribution in [1.82, 2.24) is 15.1 Å². The third kappa shape index (κ3) is 3.76. The van der Waals surface area contributed by atoms with E-state index in [1.165, 1.54) is 6.26 Å². The van der Waals surface area contributed by atoms with Gasteiger partial charge in [-0.2, -0.15) is 5.10 Å². The maximum Gasteiger partial charge on any atom is 0.254 e. The largest absolute Gasteiger partial charge is 0.467 e. The molecule has 0 aliphatic carbocycles. The molecule has 120 valence electrons. The summed E-state index contributed by atoms with van der Waals surface area (Å²) >= 11 is 0. The highest BCUT2D eigenvalue weighted by Gasteiger charge is 2.18. The first kappa shape index (κ1) is 16.3. The van der Waals surface area contributed by atoms with E-state index in [0.29, 0.717) is 17.2 Å². The zero-order chi connectivity index (χ0) is 16.1. The van der Waals surface area contributed by atoms with E-state index in [1.807, 2.05) is 11.6 Å². The van der Waals surface area contributed by atoms with Gasteiger partial charge in [-0.15, -0.1) is 0 Å². The number of nitrogens with one attached hydrogen (secondary N) is 1. The lowest BCUT2D eigenvalue weighted by Crippen LogP contribution is -2.29. The zero-order valence-corrected chi connectivity index (χ0v) is 13.2. The topological polar surface area (TPSA) is 80.3 Å². The third-order valence-electron chi connectivity index (χ3n) is 3.39. The van der Waals surface area contributed by atoms with Crippen molar-refractivity contribution >= 4 is 5.91 Å². The van der Waals surface area contributed by atoms with Crippen molar-refractivity contribution in [2.24, 2.45) is 5.92 Å². The van der Waals surface area contributed by atoms with E-state index in [0.717, 1.165) is 18.7 Å². The number of furan rings is 1. The van der Waals surface area contributed by atoms with Crippen molar-refractivity contribution in [3.05, 3.63) is 41.6 Å². The van der Waals surface area contributed by atoms with Gasteiger partial charge < -0.3 is 14.8 Å². The Morgan fingerprint density at radius 2 is 2.27 bits per heavy atom. The van der Waals surface area contributed by atoms with Crippen LogP contribution in [0.2, 0.25) is 0 Å². The normalized spacial score (nSPS) is 12.6. The second kappa shape index (κ2) is 7.26. The van der Waals surface area contributed by atoms with E-state index in [2.05, 4.69) is 24.3 Å². The van der Waals surface area contributed by atoms with Gasteiger partial charge in [0.2, 0.25) is 0 Å². The number of carbonyl (C=O) groups excluding carboxylic acids is 1. The van der Waals surface area contributed by atoms with E-state index in [9.17, 15) is 9.90 Å². The number of aliphatic hydroxyl groups excluding tert-OH is 1. The SMILES string of the molecule is CCc1c(C(=O)NCC(O)c2ccco2)cnn1CC(C)C. The summed E-state index contributed by atoms with van der Waals surface area (Å²) in [5.41, 5.74) is 1.48. The van der Waals surface area contributed by atoms with Gasteiger partial charge in [0.05, 0.1) is 30.3 Å². The van der Waals surface area contributed by atoms with Crippen molar-refractivity contribution in [3.8, 4) is 0 Å². The Morgan fingerprint density at radius 1 is 1.50 bits per heavy atom. The van der Waals surface area contributed by atoms with Crippen LogP contribution < -0.4 is 5.32 Å². The average Bonchev–Trinajstić information content (AvgIpc) is 3.12. The maximum absolute atomic E-state index is 12.3. The molecule has 2 rings (SSSR count). The van der Waals surface area contributed by atoms with Crippen LogP contribution in [0.25, 0.3) is 0 Å². The minimum Gasteiger partial charge on any atom is -0.467 e. The monoisotopic (exact) mass is 305 g/mol. The fourth-order valence-corrected chi connectivity index (χ4v) is 2.34. The molecule has 6 nitrogen and oxygen atoms in total. The molecule has 0 spiro atoms. The van der Waals surface area contributed by atoms with Gasteiger partial charge in [-0.05, 0) is 24.5 Å². The summed E-state index contributed by atoms with van der Waals surface area (Å²) in [6.07, 6.45) is 2.96. The molecule has 1 amide bonds. The molecule has 0 aromatic carbocycles. The lowest BCUT2D eigenvalue weighted by atomic mass is 10.1. The van der Waals surface area contributed by atoms with E-state index in [4.69, 9.17) is 4.42 Å².